The van der Waals surface area contributed by atoms with Gasteiger partial charge in [0.05, 0.1) is 0 Å². The normalized spacial score (nSPS) is 12.9. The second kappa shape index (κ2) is 5.38. The van der Waals surface area contributed by atoms with E-state index in [1.807, 2.05) is 11.5 Å². The summed E-state index contributed by atoms with van der Waals surface area (Å²) >= 11 is 0. The van der Waals surface area contributed by atoms with E-state index in [1.165, 1.54) is 0 Å². The van der Waals surface area contributed by atoms with Gasteiger partial charge in [-0.3, -0.25) is 0 Å². The lowest BCUT2D eigenvalue weighted by Crippen LogP contribution is -2.45. The molecule has 7 heteroatoms. The summed E-state index contributed by atoms with van der Waals surface area (Å²) in [6.45, 7) is 8.28. The number of hydrogen-bond acceptors (Lipinski definition) is 4. The van der Waals surface area contributed by atoms with Crippen molar-refractivity contribution in [1.82, 2.24) is 14.3 Å². The van der Waals surface area contributed by atoms with E-state index < -0.39 is 15.6 Å². The number of aromatic nitrogens is 2. The predicted molar refractivity (Wildman–Crippen MR) is 70.7 cm³/mol. The van der Waals surface area contributed by atoms with Crippen LogP contribution in [0, 0.1) is 6.92 Å². The summed E-state index contributed by atoms with van der Waals surface area (Å²) in [6.07, 6.45) is 2.49. The molecule has 0 bridgehead atoms. The Kier molecular flexibility index (Phi) is 4.52. The van der Waals surface area contributed by atoms with Gasteiger partial charge in [0.15, 0.2) is 5.03 Å². The number of nitrogens with two attached hydrogens (primary N) is 1. The first-order chi connectivity index (χ1) is 8.15. The first-order valence-electron chi connectivity index (χ1n) is 5.98. The fourth-order valence-corrected chi connectivity index (χ4v) is 2.66. The van der Waals surface area contributed by atoms with E-state index in [9.17, 15) is 8.42 Å². The number of rotatable bonds is 6. The average Bonchev–Trinajstić information content (AvgIpc) is 2.58. The van der Waals surface area contributed by atoms with Crippen LogP contribution in [0.2, 0.25) is 0 Å². The molecule has 3 N–H and O–H groups in total. The lowest BCUT2D eigenvalue weighted by Gasteiger charge is -2.18. The largest absolute Gasteiger partial charge is 0.334 e. The van der Waals surface area contributed by atoms with Crippen LogP contribution in [-0.4, -0.2) is 30.1 Å². The highest BCUT2D eigenvalue weighted by Gasteiger charge is 2.21. The Morgan fingerprint density at radius 3 is 2.61 bits per heavy atom. The molecule has 0 unspecified atom stereocenters. The summed E-state index contributed by atoms with van der Waals surface area (Å²) in [5.74, 6) is 0.698. The van der Waals surface area contributed by atoms with E-state index in [0.29, 0.717) is 5.82 Å². The molecule has 0 amide bonds. The maximum absolute atomic E-state index is 12.0. The number of aryl methyl sites for hydroxylation is 2. The van der Waals surface area contributed by atoms with Gasteiger partial charge < -0.3 is 10.3 Å². The van der Waals surface area contributed by atoms with E-state index in [0.717, 1.165) is 13.0 Å². The van der Waals surface area contributed by atoms with Crippen LogP contribution in [0.4, 0.5) is 0 Å². The van der Waals surface area contributed by atoms with Crippen molar-refractivity contribution < 1.29 is 8.42 Å². The van der Waals surface area contributed by atoms with Crippen molar-refractivity contribution in [3.63, 3.8) is 0 Å². The monoisotopic (exact) mass is 274 g/mol. The third-order valence-corrected chi connectivity index (χ3v) is 3.68. The Balaban J connectivity index is 2.88. The quantitative estimate of drug-likeness (QED) is 0.795. The molecule has 1 rings (SSSR count). The molecule has 0 radical (unpaired) electrons. The molecule has 0 fully saturated rings. The van der Waals surface area contributed by atoms with Crippen LogP contribution < -0.4 is 10.5 Å². The van der Waals surface area contributed by atoms with Gasteiger partial charge in [-0.2, -0.15) is 0 Å². The highest BCUT2D eigenvalue weighted by atomic mass is 32.2. The minimum Gasteiger partial charge on any atom is -0.334 e. The van der Waals surface area contributed by atoms with Crippen molar-refractivity contribution in [3.8, 4) is 0 Å². The Morgan fingerprint density at radius 1 is 1.50 bits per heavy atom. The van der Waals surface area contributed by atoms with Gasteiger partial charge in [0.1, 0.15) is 5.82 Å². The topological polar surface area (TPSA) is 90.0 Å². The third-order valence-electron chi connectivity index (χ3n) is 2.41. The fraction of sp³-hybridized carbons (Fsp3) is 0.727. The maximum atomic E-state index is 12.0. The van der Waals surface area contributed by atoms with E-state index in [4.69, 9.17) is 5.73 Å². The van der Waals surface area contributed by atoms with Crippen molar-refractivity contribution in [3.05, 3.63) is 12.0 Å². The van der Waals surface area contributed by atoms with Gasteiger partial charge in [-0.25, -0.2) is 18.1 Å². The Morgan fingerprint density at radius 2 is 2.11 bits per heavy atom. The predicted octanol–water partition coefficient (Wildman–Crippen LogP) is 0.617. The van der Waals surface area contributed by atoms with Gasteiger partial charge >= 0.3 is 0 Å². The number of nitrogens with zero attached hydrogens (tertiary/aromatic N) is 2. The first kappa shape index (κ1) is 15.1. The van der Waals surface area contributed by atoms with Crippen LogP contribution >= 0.6 is 0 Å². The lowest BCUT2D eigenvalue weighted by molar-refractivity contribution is 0.497. The van der Waals surface area contributed by atoms with E-state index >= 15 is 0 Å². The maximum Gasteiger partial charge on any atom is 0.259 e. The standard InChI is InChI=1S/C11H22N4O2S/c1-5-6-15-7-10(14-9(15)2)18(16,17)13-8-11(3,4)12/h7,13H,5-6,8,12H2,1-4H3. The summed E-state index contributed by atoms with van der Waals surface area (Å²) in [6, 6.07) is 0. The zero-order chi connectivity index (χ0) is 14.0. The van der Waals surface area contributed by atoms with Crippen LogP contribution in [-0.2, 0) is 16.6 Å². The summed E-state index contributed by atoms with van der Waals surface area (Å²) in [4.78, 5) is 4.07. The van der Waals surface area contributed by atoms with Gasteiger partial charge in [-0.1, -0.05) is 6.92 Å². The van der Waals surface area contributed by atoms with Crippen molar-refractivity contribution >= 4 is 10.0 Å². The van der Waals surface area contributed by atoms with Crippen LogP contribution in [0.1, 0.15) is 33.0 Å². The molecule has 104 valence electrons. The van der Waals surface area contributed by atoms with Crippen LogP contribution in [0.5, 0.6) is 0 Å². The van der Waals surface area contributed by atoms with Crippen LogP contribution in [0.25, 0.3) is 0 Å². The molecule has 6 nitrogen and oxygen atoms in total. The SMILES string of the molecule is CCCn1cc(S(=O)(=O)NCC(C)(C)N)nc1C. The first-order valence-corrected chi connectivity index (χ1v) is 7.46. The number of imidazole rings is 1. The molecule has 1 heterocycles. The van der Waals surface area contributed by atoms with Crippen molar-refractivity contribution in [2.75, 3.05) is 6.54 Å². The molecular formula is C11H22N4O2S. The second-order valence-electron chi connectivity index (χ2n) is 5.13. The molecule has 0 atom stereocenters. The van der Waals surface area contributed by atoms with Crippen LogP contribution in [0.15, 0.2) is 11.2 Å². The second-order valence-corrected chi connectivity index (χ2v) is 6.85. The number of hydrogen-bond donors (Lipinski definition) is 2. The molecule has 0 aliphatic heterocycles. The third kappa shape index (κ3) is 4.08. The number of sulfonamides is 1. The van der Waals surface area contributed by atoms with E-state index in [-0.39, 0.29) is 11.6 Å². The fourth-order valence-electron chi connectivity index (χ4n) is 1.43. The van der Waals surface area contributed by atoms with Gasteiger partial charge in [-0.15, -0.1) is 0 Å². The molecule has 0 saturated heterocycles. The molecule has 0 aliphatic rings. The summed E-state index contributed by atoms with van der Waals surface area (Å²) < 4.78 is 28.3. The minimum atomic E-state index is -3.58. The number of nitrogens with one attached hydrogen (secondary N) is 1. The summed E-state index contributed by atoms with van der Waals surface area (Å²) in [5.41, 5.74) is 5.16. The van der Waals surface area contributed by atoms with Gasteiger partial charge in [0.2, 0.25) is 0 Å². The average molecular weight is 274 g/mol. The molecule has 0 saturated carbocycles. The van der Waals surface area contributed by atoms with Crippen molar-refractivity contribution in [1.29, 1.82) is 0 Å². The Labute approximate surface area is 109 Å². The lowest BCUT2D eigenvalue weighted by atomic mass is 10.1. The Bertz CT molecular complexity index is 500. The summed E-state index contributed by atoms with van der Waals surface area (Å²) in [5, 5.41) is 0.0534. The highest BCUT2D eigenvalue weighted by molar-refractivity contribution is 7.89. The molecule has 1 aromatic rings. The Hall–Kier alpha value is -0.920. The minimum absolute atomic E-state index is 0.0534. The zero-order valence-corrected chi connectivity index (χ0v) is 12.2. The van der Waals surface area contributed by atoms with Gasteiger partial charge in [0, 0.05) is 24.8 Å². The van der Waals surface area contributed by atoms with Crippen molar-refractivity contribution in [2.24, 2.45) is 5.73 Å². The molecule has 0 spiro atoms. The smallest absolute Gasteiger partial charge is 0.259 e. The summed E-state index contributed by atoms with van der Waals surface area (Å²) in [7, 11) is -3.58. The van der Waals surface area contributed by atoms with E-state index in [2.05, 4.69) is 9.71 Å². The van der Waals surface area contributed by atoms with Gasteiger partial charge in [-0.05, 0) is 27.2 Å². The van der Waals surface area contributed by atoms with Crippen molar-refractivity contribution in [2.45, 2.75) is 51.2 Å². The molecular weight excluding hydrogens is 252 g/mol. The van der Waals surface area contributed by atoms with Crippen LogP contribution in [0.3, 0.4) is 0 Å². The molecule has 18 heavy (non-hydrogen) atoms. The molecule has 0 aromatic carbocycles. The highest BCUT2D eigenvalue weighted by Crippen LogP contribution is 2.10. The molecule has 0 aliphatic carbocycles. The zero-order valence-electron chi connectivity index (χ0n) is 11.4. The van der Waals surface area contributed by atoms with Gasteiger partial charge in [0.25, 0.3) is 10.0 Å². The van der Waals surface area contributed by atoms with E-state index in [1.54, 1.807) is 27.0 Å². The molecule has 1 aromatic heterocycles.